The van der Waals surface area contributed by atoms with Crippen molar-refractivity contribution < 1.29 is 54.4 Å². The molecule has 6 N–H and O–H groups in total. The standard InChI is InChI=1S/C17H30O11/c1-3-5-9(18)25-6-8-15(12(21)13(22)16(24)26-8)28-17-14(23)11(20)10(19)7(4-2)27-17/h7-8,10-17,19-24H,3-6H2,1-2H3. The first-order valence-corrected chi connectivity index (χ1v) is 9.41. The number of hydrogen-bond donors (Lipinski definition) is 6. The summed E-state index contributed by atoms with van der Waals surface area (Å²) in [5.41, 5.74) is 0. The molecule has 11 heteroatoms. The lowest BCUT2D eigenvalue weighted by molar-refractivity contribution is -0.353. The smallest absolute Gasteiger partial charge is 0.305 e. The first-order chi connectivity index (χ1) is 13.2. The van der Waals surface area contributed by atoms with Gasteiger partial charge in [-0.3, -0.25) is 4.79 Å². The van der Waals surface area contributed by atoms with Crippen molar-refractivity contribution in [2.75, 3.05) is 6.61 Å². The normalized spacial score (nSPS) is 44.3. The van der Waals surface area contributed by atoms with Crippen LogP contribution in [0.5, 0.6) is 0 Å². The minimum absolute atomic E-state index is 0.165. The zero-order valence-corrected chi connectivity index (χ0v) is 15.8. The summed E-state index contributed by atoms with van der Waals surface area (Å²) in [7, 11) is 0. The fraction of sp³-hybridized carbons (Fsp3) is 0.941. The van der Waals surface area contributed by atoms with Crippen LogP contribution in [0.25, 0.3) is 0 Å². The molecule has 2 fully saturated rings. The molecule has 0 amide bonds. The molecule has 0 saturated carbocycles. The molecule has 2 rings (SSSR count). The molecule has 164 valence electrons. The molecule has 10 unspecified atom stereocenters. The number of carbonyl (C=O) groups is 1. The predicted molar refractivity (Wildman–Crippen MR) is 90.6 cm³/mol. The van der Waals surface area contributed by atoms with Crippen molar-refractivity contribution in [3.8, 4) is 0 Å². The van der Waals surface area contributed by atoms with Gasteiger partial charge in [-0.15, -0.1) is 0 Å². The van der Waals surface area contributed by atoms with Gasteiger partial charge < -0.3 is 49.6 Å². The number of esters is 1. The molecule has 11 nitrogen and oxygen atoms in total. The van der Waals surface area contributed by atoms with Crippen molar-refractivity contribution in [3.63, 3.8) is 0 Å². The Labute approximate surface area is 162 Å². The van der Waals surface area contributed by atoms with E-state index in [4.69, 9.17) is 18.9 Å². The van der Waals surface area contributed by atoms with Crippen LogP contribution in [0, 0.1) is 0 Å². The Morgan fingerprint density at radius 1 is 0.857 bits per heavy atom. The van der Waals surface area contributed by atoms with Crippen molar-refractivity contribution in [2.24, 2.45) is 0 Å². The van der Waals surface area contributed by atoms with Crippen LogP contribution < -0.4 is 0 Å². The number of aliphatic hydroxyl groups excluding tert-OH is 6. The third-order valence-corrected chi connectivity index (χ3v) is 4.88. The van der Waals surface area contributed by atoms with Gasteiger partial charge in [0, 0.05) is 6.42 Å². The van der Waals surface area contributed by atoms with Crippen LogP contribution in [-0.2, 0) is 23.7 Å². The summed E-state index contributed by atoms with van der Waals surface area (Å²) in [6.45, 7) is 3.11. The van der Waals surface area contributed by atoms with Crippen LogP contribution in [0.2, 0.25) is 0 Å². The molecular weight excluding hydrogens is 380 g/mol. The summed E-state index contributed by atoms with van der Waals surface area (Å²) < 4.78 is 21.2. The average Bonchev–Trinajstić information content (AvgIpc) is 2.67. The summed E-state index contributed by atoms with van der Waals surface area (Å²) >= 11 is 0. The minimum atomic E-state index is -1.74. The Balaban J connectivity index is 2.11. The molecule has 2 aliphatic heterocycles. The van der Waals surface area contributed by atoms with Crippen LogP contribution in [-0.4, -0.2) is 105 Å². The van der Waals surface area contributed by atoms with Crippen molar-refractivity contribution in [3.05, 3.63) is 0 Å². The molecule has 2 saturated heterocycles. The maximum absolute atomic E-state index is 11.6. The zero-order valence-electron chi connectivity index (χ0n) is 15.8. The highest BCUT2D eigenvalue weighted by Crippen LogP contribution is 2.29. The second kappa shape index (κ2) is 10.2. The Morgan fingerprint density at radius 3 is 2.14 bits per heavy atom. The van der Waals surface area contributed by atoms with E-state index in [1.807, 2.05) is 0 Å². The molecule has 0 aromatic rings. The summed E-state index contributed by atoms with van der Waals surface area (Å²) in [6, 6.07) is 0. The Hall–Kier alpha value is -0.890. The van der Waals surface area contributed by atoms with E-state index in [0.717, 1.165) is 0 Å². The maximum Gasteiger partial charge on any atom is 0.305 e. The Kier molecular flexibility index (Phi) is 8.55. The SMILES string of the molecule is CCCC(=O)OCC1OC(O)C(O)C(O)C1OC1OC(CC)C(O)C(O)C1O. The molecule has 0 radical (unpaired) electrons. The van der Waals surface area contributed by atoms with Gasteiger partial charge in [-0.25, -0.2) is 0 Å². The second-order valence-electron chi connectivity index (χ2n) is 7.00. The number of hydrogen-bond acceptors (Lipinski definition) is 11. The van der Waals surface area contributed by atoms with E-state index in [-0.39, 0.29) is 13.0 Å². The first-order valence-electron chi connectivity index (χ1n) is 9.41. The van der Waals surface area contributed by atoms with E-state index < -0.39 is 67.4 Å². The summed E-state index contributed by atoms with van der Waals surface area (Å²) in [6.07, 6.45) is -13.4. The van der Waals surface area contributed by atoms with Gasteiger partial charge in [0.05, 0.1) is 6.10 Å². The number of rotatable bonds is 7. The fourth-order valence-corrected chi connectivity index (χ4v) is 3.19. The highest BCUT2D eigenvalue weighted by Gasteiger charge is 2.50. The van der Waals surface area contributed by atoms with E-state index >= 15 is 0 Å². The number of ether oxygens (including phenoxy) is 4. The topological polar surface area (TPSA) is 175 Å². The molecule has 28 heavy (non-hydrogen) atoms. The van der Waals surface area contributed by atoms with Crippen molar-refractivity contribution in [1.29, 1.82) is 0 Å². The molecule has 0 bridgehead atoms. The van der Waals surface area contributed by atoms with Crippen molar-refractivity contribution >= 4 is 5.97 Å². The zero-order chi connectivity index (χ0) is 21.0. The molecule has 10 atom stereocenters. The van der Waals surface area contributed by atoms with E-state index in [0.29, 0.717) is 12.8 Å². The van der Waals surface area contributed by atoms with Crippen LogP contribution in [0.15, 0.2) is 0 Å². The van der Waals surface area contributed by atoms with Gasteiger partial charge >= 0.3 is 5.97 Å². The van der Waals surface area contributed by atoms with Crippen LogP contribution in [0.3, 0.4) is 0 Å². The Bertz CT molecular complexity index is 501. The molecule has 0 spiro atoms. The highest BCUT2D eigenvalue weighted by atomic mass is 16.7. The molecule has 2 aliphatic rings. The van der Waals surface area contributed by atoms with Crippen molar-refractivity contribution in [1.82, 2.24) is 0 Å². The van der Waals surface area contributed by atoms with Crippen molar-refractivity contribution in [2.45, 2.75) is 94.5 Å². The van der Waals surface area contributed by atoms with E-state index in [2.05, 4.69) is 0 Å². The lowest BCUT2D eigenvalue weighted by Gasteiger charge is -2.45. The molecular formula is C17H30O11. The largest absolute Gasteiger partial charge is 0.463 e. The lowest BCUT2D eigenvalue weighted by Crippen LogP contribution is -2.64. The summed E-state index contributed by atoms with van der Waals surface area (Å²) in [4.78, 5) is 11.6. The molecule has 0 aromatic heterocycles. The van der Waals surface area contributed by atoms with Gasteiger partial charge in [-0.2, -0.15) is 0 Å². The Morgan fingerprint density at radius 2 is 1.54 bits per heavy atom. The van der Waals surface area contributed by atoms with Crippen LogP contribution >= 0.6 is 0 Å². The molecule has 0 aliphatic carbocycles. The maximum atomic E-state index is 11.6. The summed E-state index contributed by atoms with van der Waals surface area (Å²) in [5.74, 6) is -0.515. The van der Waals surface area contributed by atoms with E-state index in [9.17, 15) is 35.4 Å². The molecule has 0 aromatic carbocycles. The van der Waals surface area contributed by atoms with Gasteiger partial charge in [0.1, 0.15) is 49.3 Å². The average molecular weight is 410 g/mol. The van der Waals surface area contributed by atoms with Gasteiger partial charge in [0.2, 0.25) is 0 Å². The third kappa shape index (κ3) is 5.17. The first kappa shape index (κ1) is 23.4. The summed E-state index contributed by atoms with van der Waals surface area (Å²) in [5, 5.41) is 60.0. The minimum Gasteiger partial charge on any atom is -0.463 e. The van der Waals surface area contributed by atoms with Gasteiger partial charge in [-0.1, -0.05) is 13.8 Å². The van der Waals surface area contributed by atoms with E-state index in [1.54, 1.807) is 13.8 Å². The number of carbonyl (C=O) groups excluding carboxylic acids is 1. The van der Waals surface area contributed by atoms with Gasteiger partial charge in [-0.05, 0) is 12.8 Å². The monoisotopic (exact) mass is 410 g/mol. The van der Waals surface area contributed by atoms with Gasteiger partial charge in [0.15, 0.2) is 12.6 Å². The van der Waals surface area contributed by atoms with Crippen LogP contribution in [0.1, 0.15) is 33.1 Å². The lowest BCUT2D eigenvalue weighted by atomic mass is 9.96. The third-order valence-electron chi connectivity index (χ3n) is 4.88. The highest BCUT2D eigenvalue weighted by molar-refractivity contribution is 5.69. The second-order valence-corrected chi connectivity index (χ2v) is 7.00. The van der Waals surface area contributed by atoms with Crippen LogP contribution in [0.4, 0.5) is 0 Å². The van der Waals surface area contributed by atoms with Gasteiger partial charge in [0.25, 0.3) is 0 Å². The predicted octanol–water partition coefficient (Wildman–Crippen LogP) is -2.63. The van der Waals surface area contributed by atoms with E-state index in [1.165, 1.54) is 0 Å². The molecule has 2 heterocycles. The number of aliphatic hydroxyl groups is 6. The fourth-order valence-electron chi connectivity index (χ4n) is 3.19. The quantitative estimate of drug-likeness (QED) is 0.242.